The third-order valence-corrected chi connectivity index (χ3v) is 7.11. The lowest BCUT2D eigenvalue weighted by Crippen LogP contribution is -2.47. The molecule has 1 N–H and O–H groups in total. The maximum absolute atomic E-state index is 13.0. The van der Waals surface area contributed by atoms with Gasteiger partial charge in [-0.3, -0.25) is 9.69 Å². The quantitative estimate of drug-likeness (QED) is 0.629. The van der Waals surface area contributed by atoms with Crippen molar-refractivity contribution >= 4 is 27.5 Å². The highest BCUT2D eigenvalue weighted by Crippen LogP contribution is 2.42. The van der Waals surface area contributed by atoms with Gasteiger partial charge in [-0.1, -0.05) is 31.0 Å². The van der Waals surface area contributed by atoms with Crippen molar-refractivity contribution in [3.8, 4) is 11.5 Å². The van der Waals surface area contributed by atoms with Gasteiger partial charge in [-0.25, -0.2) is 4.98 Å². The number of ether oxygens (including phenoxy) is 2. The molecule has 1 fully saturated rings. The van der Waals surface area contributed by atoms with Crippen LogP contribution < -0.4 is 14.8 Å². The smallest absolute Gasteiger partial charge is 0.234 e. The van der Waals surface area contributed by atoms with Crippen LogP contribution in [0, 0.1) is 0 Å². The monoisotopic (exact) mass is 437 g/mol. The lowest BCUT2D eigenvalue weighted by Gasteiger charge is -2.33. The number of fused-ring (bicyclic) bond motifs is 2. The van der Waals surface area contributed by atoms with E-state index in [2.05, 4.69) is 22.4 Å². The number of hydrogen-bond acceptors (Lipinski definition) is 6. The Morgan fingerprint density at radius 3 is 2.71 bits per heavy atom. The van der Waals surface area contributed by atoms with Crippen molar-refractivity contribution in [2.24, 2.45) is 0 Å². The van der Waals surface area contributed by atoms with Crippen molar-refractivity contribution in [1.82, 2.24) is 15.2 Å². The first-order chi connectivity index (χ1) is 15.1. The molecule has 2 aliphatic rings. The maximum atomic E-state index is 13.0. The molecule has 5 rings (SSSR count). The third-order valence-electron chi connectivity index (χ3n) is 6.09. The van der Waals surface area contributed by atoms with Gasteiger partial charge in [-0.2, -0.15) is 0 Å². The van der Waals surface area contributed by atoms with Crippen LogP contribution in [0.15, 0.2) is 42.5 Å². The molecule has 0 bridgehead atoms. The molecule has 0 saturated heterocycles. The summed E-state index contributed by atoms with van der Waals surface area (Å²) in [7, 11) is 1.97. The summed E-state index contributed by atoms with van der Waals surface area (Å²) in [6.07, 6.45) is 4.10. The average molecular weight is 438 g/mol. The van der Waals surface area contributed by atoms with Crippen molar-refractivity contribution < 1.29 is 14.3 Å². The van der Waals surface area contributed by atoms with Crippen LogP contribution in [-0.2, 0) is 16.9 Å². The minimum absolute atomic E-state index is 0.0420. The SMILES string of the molecule is CN(CC(=O)NC1(c2ccc3c(c2)OCCO3)CCCC1)Cc1nc2ccccc2s1. The number of amides is 1. The zero-order valence-electron chi connectivity index (χ0n) is 17.7. The lowest BCUT2D eigenvalue weighted by atomic mass is 9.87. The highest BCUT2D eigenvalue weighted by Gasteiger charge is 2.38. The molecule has 0 spiro atoms. The van der Waals surface area contributed by atoms with Crippen LogP contribution in [0.3, 0.4) is 0 Å². The number of benzene rings is 2. The molecule has 1 aromatic heterocycles. The molecule has 1 amide bonds. The van der Waals surface area contributed by atoms with Crippen LogP contribution in [0.25, 0.3) is 10.2 Å². The number of thiazole rings is 1. The van der Waals surface area contributed by atoms with Gasteiger partial charge in [0.05, 0.1) is 28.8 Å². The number of carbonyl (C=O) groups excluding carboxylic acids is 1. The largest absolute Gasteiger partial charge is 0.486 e. The molecule has 6 nitrogen and oxygen atoms in total. The Bertz CT molecular complexity index is 1060. The van der Waals surface area contributed by atoms with Crippen LogP contribution in [0.2, 0.25) is 0 Å². The fourth-order valence-electron chi connectivity index (χ4n) is 4.63. The Balaban J connectivity index is 1.27. The summed E-state index contributed by atoms with van der Waals surface area (Å²) in [5, 5.41) is 4.39. The molecule has 3 aromatic rings. The van der Waals surface area contributed by atoms with Gasteiger partial charge in [0.25, 0.3) is 0 Å². The van der Waals surface area contributed by atoms with Gasteiger partial charge in [0, 0.05) is 0 Å². The van der Waals surface area contributed by atoms with E-state index < -0.39 is 0 Å². The number of nitrogens with one attached hydrogen (secondary N) is 1. The number of likely N-dealkylation sites (N-methyl/N-ethyl adjacent to an activating group) is 1. The normalized spacial score (nSPS) is 17.2. The first-order valence-electron chi connectivity index (χ1n) is 10.9. The van der Waals surface area contributed by atoms with Crippen LogP contribution in [-0.4, -0.2) is 42.6 Å². The maximum Gasteiger partial charge on any atom is 0.234 e. The summed E-state index contributed by atoms with van der Waals surface area (Å²) in [6.45, 7) is 2.13. The van der Waals surface area contributed by atoms with E-state index in [9.17, 15) is 4.79 Å². The van der Waals surface area contributed by atoms with Gasteiger partial charge in [0.1, 0.15) is 18.2 Å². The van der Waals surface area contributed by atoms with Gasteiger partial charge in [-0.05, 0) is 49.7 Å². The van der Waals surface area contributed by atoms with E-state index in [-0.39, 0.29) is 11.4 Å². The molecule has 1 aliphatic carbocycles. The van der Waals surface area contributed by atoms with E-state index in [4.69, 9.17) is 9.47 Å². The highest BCUT2D eigenvalue weighted by molar-refractivity contribution is 7.18. The minimum Gasteiger partial charge on any atom is -0.486 e. The predicted molar refractivity (Wildman–Crippen MR) is 122 cm³/mol. The van der Waals surface area contributed by atoms with Crippen LogP contribution >= 0.6 is 11.3 Å². The standard InChI is InChI=1S/C24H27N3O3S/c1-27(16-23-25-18-6-2-3-7-21(18)31-23)15-22(28)26-24(10-4-5-11-24)17-8-9-19-20(14-17)30-13-12-29-19/h2-3,6-9,14H,4-5,10-13,15-16H2,1H3,(H,26,28). The second-order valence-corrected chi connectivity index (χ2v) is 9.56. The van der Waals surface area contributed by atoms with Crippen molar-refractivity contribution in [1.29, 1.82) is 0 Å². The molecule has 1 saturated carbocycles. The third kappa shape index (κ3) is 4.25. The molecule has 7 heteroatoms. The summed E-state index contributed by atoms with van der Waals surface area (Å²) in [4.78, 5) is 19.7. The second-order valence-electron chi connectivity index (χ2n) is 8.44. The summed E-state index contributed by atoms with van der Waals surface area (Å²) >= 11 is 1.68. The Morgan fingerprint density at radius 2 is 1.90 bits per heavy atom. The van der Waals surface area contributed by atoms with Crippen LogP contribution in [0.5, 0.6) is 11.5 Å². The van der Waals surface area contributed by atoms with E-state index in [1.807, 2.05) is 42.3 Å². The molecule has 0 unspecified atom stereocenters. The van der Waals surface area contributed by atoms with Crippen molar-refractivity contribution in [3.05, 3.63) is 53.0 Å². The molecule has 0 atom stereocenters. The zero-order valence-corrected chi connectivity index (χ0v) is 18.5. The lowest BCUT2D eigenvalue weighted by molar-refractivity contribution is -0.124. The molecular formula is C24H27N3O3S. The Labute approximate surface area is 186 Å². The molecule has 1 aliphatic heterocycles. The van der Waals surface area contributed by atoms with E-state index in [1.54, 1.807) is 11.3 Å². The van der Waals surface area contributed by atoms with Crippen LogP contribution in [0.4, 0.5) is 0 Å². The van der Waals surface area contributed by atoms with E-state index >= 15 is 0 Å². The topological polar surface area (TPSA) is 63.7 Å². The first kappa shape index (κ1) is 20.3. The van der Waals surface area contributed by atoms with Gasteiger partial charge < -0.3 is 14.8 Å². The summed E-state index contributed by atoms with van der Waals surface area (Å²) in [6, 6.07) is 14.2. The van der Waals surface area contributed by atoms with E-state index in [1.165, 1.54) is 4.70 Å². The predicted octanol–water partition coefficient (Wildman–Crippen LogP) is 4.09. The first-order valence-corrected chi connectivity index (χ1v) is 11.7. The van der Waals surface area contributed by atoms with Gasteiger partial charge in [-0.15, -0.1) is 11.3 Å². The molecule has 2 heterocycles. The van der Waals surface area contributed by atoms with Gasteiger partial charge >= 0.3 is 0 Å². The second kappa shape index (κ2) is 8.48. The number of nitrogens with zero attached hydrogens (tertiary/aromatic N) is 2. The number of rotatable bonds is 6. The zero-order chi connectivity index (χ0) is 21.3. The van der Waals surface area contributed by atoms with Gasteiger partial charge in [0.15, 0.2) is 11.5 Å². The Morgan fingerprint density at radius 1 is 1.13 bits per heavy atom. The van der Waals surface area contributed by atoms with Crippen molar-refractivity contribution in [3.63, 3.8) is 0 Å². The molecule has 0 radical (unpaired) electrons. The number of para-hydroxylation sites is 1. The number of aromatic nitrogens is 1. The average Bonchev–Trinajstić information content (AvgIpc) is 3.40. The van der Waals surface area contributed by atoms with E-state index in [0.717, 1.165) is 53.3 Å². The molecule has 31 heavy (non-hydrogen) atoms. The van der Waals surface area contributed by atoms with E-state index in [0.29, 0.717) is 26.3 Å². The Hall–Kier alpha value is -2.64. The number of carbonyl (C=O) groups is 1. The Kier molecular flexibility index (Phi) is 5.54. The summed E-state index contributed by atoms with van der Waals surface area (Å²) < 4.78 is 12.6. The van der Waals surface area contributed by atoms with Crippen molar-refractivity contribution in [2.75, 3.05) is 26.8 Å². The minimum atomic E-state index is -0.330. The number of hydrogen-bond donors (Lipinski definition) is 1. The fourth-order valence-corrected chi connectivity index (χ4v) is 5.68. The van der Waals surface area contributed by atoms with Crippen molar-refractivity contribution in [2.45, 2.75) is 37.8 Å². The summed E-state index contributed by atoms with van der Waals surface area (Å²) in [5.74, 6) is 1.60. The summed E-state index contributed by atoms with van der Waals surface area (Å²) in [5.41, 5.74) is 1.80. The highest BCUT2D eigenvalue weighted by atomic mass is 32.1. The fraction of sp³-hybridized carbons (Fsp3) is 0.417. The molecule has 162 valence electrons. The van der Waals surface area contributed by atoms with Gasteiger partial charge in [0.2, 0.25) is 5.91 Å². The van der Waals surface area contributed by atoms with Crippen LogP contribution in [0.1, 0.15) is 36.3 Å². The molecular weight excluding hydrogens is 410 g/mol. The molecule has 2 aromatic carbocycles.